The van der Waals surface area contributed by atoms with Crippen molar-refractivity contribution in [1.29, 1.82) is 0 Å². The number of piperazine rings is 1. The third-order valence-corrected chi connectivity index (χ3v) is 5.40. The van der Waals surface area contributed by atoms with Gasteiger partial charge in [0.1, 0.15) is 0 Å². The predicted octanol–water partition coefficient (Wildman–Crippen LogP) is 3.68. The summed E-state index contributed by atoms with van der Waals surface area (Å²) in [6, 6.07) is 18.2. The van der Waals surface area contributed by atoms with Crippen LogP contribution in [0.25, 0.3) is 0 Å². The lowest BCUT2D eigenvalue weighted by atomic mass is 10.1. The second-order valence-electron chi connectivity index (χ2n) is 6.83. The molecule has 0 spiro atoms. The molecule has 26 heavy (non-hydrogen) atoms. The zero-order chi connectivity index (χ0) is 18.5. The minimum absolute atomic E-state index is 0.0800. The van der Waals surface area contributed by atoms with Crippen LogP contribution in [0.1, 0.15) is 18.5 Å². The number of hydrogen-bond acceptors (Lipinski definition) is 3. The van der Waals surface area contributed by atoms with Crippen molar-refractivity contribution in [1.82, 2.24) is 9.80 Å². The van der Waals surface area contributed by atoms with Gasteiger partial charge in [0.15, 0.2) is 0 Å². The summed E-state index contributed by atoms with van der Waals surface area (Å²) in [5.74, 6) is 0.164. The second kappa shape index (κ2) is 8.56. The fourth-order valence-corrected chi connectivity index (χ4v) is 3.50. The van der Waals surface area contributed by atoms with Gasteiger partial charge in [-0.05, 0) is 30.7 Å². The fraction of sp³-hybridized carbons (Fsp3) is 0.381. The Morgan fingerprint density at radius 2 is 1.77 bits per heavy atom. The molecule has 1 saturated heterocycles. The number of halogens is 1. The number of carbonyl (C=O) groups excluding carboxylic acids is 1. The van der Waals surface area contributed by atoms with Crippen LogP contribution in [-0.4, -0.2) is 55.5 Å². The Hall–Kier alpha value is -2.04. The average molecular weight is 372 g/mol. The van der Waals surface area contributed by atoms with Gasteiger partial charge in [0.2, 0.25) is 5.91 Å². The first-order valence-corrected chi connectivity index (χ1v) is 9.46. The lowest BCUT2D eigenvalue weighted by Crippen LogP contribution is -2.50. The van der Waals surface area contributed by atoms with E-state index in [1.165, 1.54) is 0 Å². The maximum atomic E-state index is 12.7. The van der Waals surface area contributed by atoms with Crippen LogP contribution < -0.4 is 4.90 Å². The fourth-order valence-electron chi connectivity index (χ4n) is 3.31. The summed E-state index contributed by atoms with van der Waals surface area (Å²) in [4.78, 5) is 19.1. The lowest BCUT2D eigenvalue weighted by molar-refractivity contribution is -0.133. The Labute approximate surface area is 161 Å². The van der Waals surface area contributed by atoms with E-state index < -0.39 is 0 Å². The Bertz CT molecular complexity index is 729. The number of amides is 1. The molecule has 0 aromatic heterocycles. The molecule has 0 unspecified atom stereocenters. The van der Waals surface area contributed by atoms with Crippen LogP contribution in [0, 0.1) is 0 Å². The quantitative estimate of drug-likeness (QED) is 0.802. The molecule has 1 fully saturated rings. The first-order valence-electron chi connectivity index (χ1n) is 9.08. The van der Waals surface area contributed by atoms with Gasteiger partial charge in [-0.25, -0.2) is 0 Å². The molecule has 4 nitrogen and oxygen atoms in total. The molecule has 1 amide bonds. The van der Waals surface area contributed by atoms with E-state index in [0.29, 0.717) is 6.54 Å². The number of carbonyl (C=O) groups is 1. The third kappa shape index (κ3) is 4.57. The van der Waals surface area contributed by atoms with Crippen LogP contribution in [0.3, 0.4) is 0 Å². The molecule has 5 heteroatoms. The summed E-state index contributed by atoms with van der Waals surface area (Å²) < 4.78 is 0. The molecule has 3 rings (SSSR count). The number of hydrogen-bond donors (Lipinski definition) is 0. The van der Waals surface area contributed by atoms with Crippen molar-refractivity contribution in [3.63, 3.8) is 0 Å². The zero-order valence-electron chi connectivity index (χ0n) is 15.4. The van der Waals surface area contributed by atoms with E-state index in [0.717, 1.165) is 42.5 Å². The van der Waals surface area contributed by atoms with Gasteiger partial charge in [-0.1, -0.05) is 48.0 Å². The molecule has 0 bridgehead atoms. The van der Waals surface area contributed by atoms with Crippen molar-refractivity contribution >= 4 is 23.2 Å². The lowest BCUT2D eigenvalue weighted by Gasteiger charge is -2.37. The van der Waals surface area contributed by atoms with Gasteiger partial charge in [0, 0.05) is 43.9 Å². The highest BCUT2D eigenvalue weighted by Gasteiger charge is 2.23. The average Bonchev–Trinajstić information content (AvgIpc) is 2.68. The molecular formula is C21H26ClN3O. The van der Waals surface area contributed by atoms with E-state index >= 15 is 0 Å². The number of benzene rings is 2. The SMILES string of the molecule is C[C@H](c1ccccc1)N(C)C(=O)CN1CCN(c2cccc(Cl)c2)CC1. The summed E-state index contributed by atoms with van der Waals surface area (Å²) in [5, 5.41) is 0.761. The van der Waals surface area contributed by atoms with Crippen molar-refractivity contribution in [2.24, 2.45) is 0 Å². The molecule has 1 atom stereocenters. The molecule has 1 aliphatic heterocycles. The van der Waals surface area contributed by atoms with Crippen LogP contribution >= 0.6 is 11.6 Å². The van der Waals surface area contributed by atoms with E-state index in [4.69, 9.17) is 11.6 Å². The summed E-state index contributed by atoms with van der Waals surface area (Å²) in [5.41, 5.74) is 2.31. The highest BCUT2D eigenvalue weighted by atomic mass is 35.5. The molecule has 0 radical (unpaired) electrons. The first-order chi connectivity index (χ1) is 12.5. The Morgan fingerprint density at radius 1 is 1.08 bits per heavy atom. The van der Waals surface area contributed by atoms with Crippen molar-refractivity contribution in [3.8, 4) is 0 Å². The first kappa shape index (κ1) is 18.7. The Balaban J connectivity index is 1.51. The number of rotatable bonds is 5. The van der Waals surface area contributed by atoms with Gasteiger partial charge in [-0.2, -0.15) is 0 Å². The van der Waals surface area contributed by atoms with Crippen LogP contribution in [0.5, 0.6) is 0 Å². The maximum Gasteiger partial charge on any atom is 0.236 e. The molecule has 1 aliphatic rings. The topological polar surface area (TPSA) is 26.8 Å². The van der Waals surface area contributed by atoms with Crippen LogP contribution in [-0.2, 0) is 4.79 Å². The molecule has 2 aromatic rings. The van der Waals surface area contributed by atoms with Gasteiger partial charge in [-0.15, -0.1) is 0 Å². The van der Waals surface area contributed by atoms with Gasteiger partial charge >= 0.3 is 0 Å². The van der Waals surface area contributed by atoms with Gasteiger partial charge in [0.05, 0.1) is 12.6 Å². The zero-order valence-corrected chi connectivity index (χ0v) is 16.2. The van der Waals surface area contributed by atoms with Crippen molar-refractivity contribution in [3.05, 3.63) is 65.2 Å². The van der Waals surface area contributed by atoms with Crippen LogP contribution in [0.4, 0.5) is 5.69 Å². The van der Waals surface area contributed by atoms with Gasteiger partial charge < -0.3 is 9.80 Å². The minimum atomic E-state index is 0.0800. The summed E-state index contributed by atoms with van der Waals surface area (Å²) in [6.45, 7) is 6.12. The van der Waals surface area contributed by atoms with Crippen molar-refractivity contribution < 1.29 is 4.79 Å². The highest BCUT2D eigenvalue weighted by Crippen LogP contribution is 2.21. The molecule has 1 heterocycles. The molecule has 138 valence electrons. The predicted molar refractivity (Wildman–Crippen MR) is 108 cm³/mol. The molecule has 0 aliphatic carbocycles. The van der Waals surface area contributed by atoms with E-state index in [2.05, 4.69) is 34.9 Å². The van der Waals surface area contributed by atoms with Crippen LogP contribution in [0.2, 0.25) is 5.02 Å². The normalized spacial score (nSPS) is 16.3. The second-order valence-corrected chi connectivity index (χ2v) is 7.27. The van der Waals surface area contributed by atoms with Crippen molar-refractivity contribution in [2.45, 2.75) is 13.0 Å². The maximum absolute atomic E-state index is 12.7. The number of likely N-dealkylation sites (N-methyl/N-ethyl adjacent to an activating group) is 1. The molecule has 0 N–H and O–H groups in total. The highest BCUT2D eigenvalue weighted by molar-refractivity contribution is 6.30. The van der Waals surface area contributed by atoms with E-state index in [9.17, 15) is 4.79 Å². The molecule has 2 aromatic carbocycles. The Kier molecular flexibility index (Phi) is 6.17. The number of nitrogens with zero attached hydrogens (tertiary/aromatic N) is 3. The van der Waals surface area contributed by atoms with Gasteiger partial charge in [0.25, 0.3) is 0 Å². The molecular weight excluding hydrogens is 346 g/mol. The monoisotopic (exact) mass is 371 g/mol. The summed E-state index contributed by atoms with van der Waals surface area (Å²) >= 11 is 6.09. The smallest absolute Gasteiger partial charge is 0.236 e. The Morgan fingerprint density at radius 3 is 2.42 bits per heavy atom. The summed E-state index contributed by atoms with van der Waals surface area (Å²) in [7, 11) is 1.89. The largest absolute Gasteiger partial charge is 0.369 e. The minimum Gasteiger partial charge on any atom is -0.369 e. The standard InChI is InChI=1S/C21H26ClN3O/c1-17(18-7-4-3-5-8-18)23(2)21(26)16-24-11-13-25(14-12-24)20-10-6-9-19(22)15-20/h3-10,15,17H,11-14,16H2,1-2H3/t17-/m1/s1. The van der Waals surface area contributed by atoms with E-state index in [-0.39, 0.29) is 11.9 Å². The van der Waals surface area contributed by atoms with Crippen LogP contribution in [0.15, 0.2) is 54.6 Å². The number of anilines is 1. The van der Waals surface area contributed by atoms with E-state index in [1.807, 2.05) is 48.3 Å². The third-order valence-electron chi connectivity index (χ3n) is 5.16. The van der Waals surface area contributed by atoms with Gasteiger partial charge in [-0.3, -0.25) is 9.69 Å². The van der Waals surface area contributed by atoms with Crippen molar-refractivity contribution in [2.75, 3.05) is 44.7 Å². The molecule has 0 saturated carbocycles. The summed E-state index contributed by atoms with van der Waals surface area (Å²) in [6.07, 6.45) is 0. The van der Waals surface area contributed by atoms with E-state index in [1.54, 1.807) is 0 Å².